The van der Waals surface area contributed by atoms with Gasteiger partial charge in [-0.3, -0.25) is 4.90 Å². The molecule has 1 atom stereocenters. The second kappa shape index (κ2) is 10.1. The van der Waals surface area contributed by atoms with Crippen LogP contribution in [0.25, 0.3) is 0 Å². The number of hydrogen-bond donors (Lipinski definition) is 1. The van der Waals surface area contributed by atoms with Crippen molar-refractivity contribution in [3.05, 3.63) is 0 Å². The number of aliphatic hydroxyl groups is 1. The zero-order valence-electron chi connectivity index (χ0n) is 20.0. The maximum absolute atomic E-state index is 10.2. The average Bonchev–Trinajstić information content (AvgIpc) is 2.95. The minimum atomic E-state index is -0.552. The zero-order valence-corrected chi connectivity index (χ0v) is 20.8. The first-order valence-electron chi connectivity index (χ1n) is 11.9. The molecule has 2 nitrogen and oxygen atoms in total. The highest BCUT2D eigenvalue weighted by Gasteiger charge is 2.33. The van der Waals surface area contributed by atoms with Gasteiger partial charge in [0.25, 0.3) is 0 Å². The van der Waals surface area contributed by atoms with Crippen molar-refractivity contribution in [2.75, 3.05) is 24.7 Å². The lowest BCUT2D eigenvalue weighted by molar-refractivity contribution is 0.0246. The van der Waals surface area contributed by atoms with Gasteiger partial charge in [-0.05, 0) is 93.3 Å². The molecule has 0 spiro atoms. The predicted octanol–water partition coefficient (Wildman–Crippen LogP) is 6.82. The quantitative estimate of drug-likeness (QED) is 0.421. The van der Waals surface area contributed by atoms with Crippen LogP contribution < -0.4 is 0 Å². The van der Waals surface area contributed by atoms with Gasteiger partial charge in [0.2, 0.25) is 0 Å². The summed E-state index contributed by atoms with van der Waals surface area (Å²) in [5, 5.41) is 10.2. The molecular weight excluding hydrogens is 362 g/mol. The molecule has 0 aromatic heterocycles. The molecular formula is C25H49NOS. The molecule has 0 bridgehead atoms. The summed E-state index contributed by atoms with van der Waals surface area (Å²) in [6.07, 6.45) is 10.7. The highest BCUT2D eigenvalue weighted by Crippen LogP contribution is 2.41. The summed E-state index contributed by atoms with van der Waals surface area (Å²) in [5.74, 6) is 5.31. The number of likely N-dealkylation sites (tertiary alicyclic amines) is 1. The topological polar surface area (TPSA) is 23.5 Å². The van der Waals surface area contributed by atoms with Crippen LogP contribution in [0.4, 0.5) is 0 Å². The number of rotatable bonds is 9. The van der Waals surface area contributed by atoms with Gasteiger partial charge in [0.05, 0.1) is 5.60 Å². The molecule has 1 saturated heterocycles. The third-order valence-corrected chi connectivity index (χ3v) is 8.21. The number of hydrogen-bond acceptors (Lipinski definition) is 3. The maximum atomic E-state index is 10.2. The molecule has 2 aliphatic rings. The standard InChI is InChI=1S/C25H49NOS/c1-23(2,3)22-10-8-20(9-11-22)13-15-28-19-26-14-12-21(17-26)16-24(4,5)18-25(6,7)27/h20-22,27H,8-19H2,1-7H3. The van der Waals surface area contributed by atoms with Gasteiger partial charge in [0, 0.05) is 12.4 Å². The van der Waals surface area contributed by atoms with Crippen LogP contribution in [0.15, 0.2) is 0 Å². The first-order chi connectivity index (χ1) is 12.8. The van der Waals surface area contributed by atoms with E-state index >= 15 is 0 Å². The molecule has 1 unspecified atom stereocenters. The van der Waals surface area contributed by atoms with E-state index in [9.17, 15) is 5.11 Å². The Morgan fingerprint density at radius 3 is 2.11 bits per heavy atom. The Balaban J connectivity index is 1.58. The molecule has 0 aromatic rings. The lowest BCUT2D eigenvalue weighted by atomic mass is 9.69. The minimum Gasteiger partial charge on any atom is -0.390 e. The fraction of sp³-hybridized carbons (Fsp3) is 1.00. The summed E-state index contributed by atoms with van der Waals surface area (Å²) in [4.78, 5) is 2.67. The van der Waals surface area contributed by atoms with Gasteiger partial charge in [-0.1, -0.05) is 47.5 Å². The van der Waals surface area contributed by atoms with Crippen LogP contribution >= 0.6 is 11.8 Å². The van der Waals surface area contributed by atoms with Crippen LogP contribution in [-0.2, 0) is 0 Å². The fourth-order valence-electron chi connectivity index (χ4n) is 5.98. The van der Waals surface area contributed by atoms with Crippen molar-refractivity contribution < 1.29 is 5.11 Å². The Kier molecular flexibility index (Phi) is 8.81. The van der Waals surface area contributed by atoms with Gasteiger partial charge in [-0.25, -0.2) is 0 Å². The molecule has 1 aliphatic heterocycles. The Hall–Kier alpha value is 0.270. The van der Waals surface area contributed by atoms with Crippen molar-refractivity contribution in [1.82, 2.24) is 4.90 Å². The van der Waals surface area contributed by atoms with E-state index in [-0.39, 0.29) is 5.41 Å². The van der Waals surface area contributed by atoms with Crippen LogP contribution in [-0.4, -0.2) is 40.3 Å². The lowest BCUT2D eigenvalue weighted by Crippen LogP contribution is -2.30. The molecule has 1 saturated carbocycles. The van der Waals surface area contributed by atoms with E-state index in [0.717, 1.165) is 24.2 Å². The summed E-state index contributed by atoms with van der Waals surface area (Å²) < 4.78 is 0. The third-order valence-electron chi connectivity index (χ3n) is 7.14. The summed E-state index contributed by atoms with van der Waals surface area (Å²) in [5.41, 5.74) is 0.190. The van der Waals surface area contributed by atoms with Crippen LogP contribution in [0, 0.1) is 28.6 Å². The molecule has 1 N–H and O–H groups in total. The summed E-state index contributed by atoms with van der Waals surface area (Å²) in [6.45, 7) is 18.3. The van der Waals surface area contributed by atoms with Crippen molar-refractivity contribution in [2.45, 2.75) is 105 Å². The number of thioether (sulfide) groups is 1. The Morgan fingerprint density at radius 2 is 1.54 bits per heavy atom. The van der Waals surface area contributed by atoms with Crippen molar-refractivity contribution >= 4 is 11.8 Å². The van der Waals surface area contributed by atoms with Gasteiger partial charge in [-0.2, -0.15) is 0 Å². The largest absolute Gasteiger partial charge is 0.390 e. The molecule has 28 heavy (non-hydrogen) atoms. The van der Waals surface area contributed by atoms with E-state index in [2.05, 4.69) is 51.3 Å². The van der Waals surface area contributed by atoms with Crippen LogP contribution in [0.2, 0.25) is 0 Å². The molecule has 1 heterocycles. The smallest absolute Gasteiger partial charge is 0.0596 e. The van der Waals surface area contributed by atoms with Crippen molar-refractivity contribution in [1.29, 1.82) is 0 Å². The first kappa shape index (κ1) is 24.5. The van der Waals surface area contributed by atoms with E-state index in [1.165, 1.54) is 69.7 Å². The number of nitrogens with zero attached hydrogens (tertiary/aromatic N) is 1. The summed E-state index contributed by atoms with van der Waals surface area (Å²) in [7, 11) is 0. The predicted molar refractivity (Wildman–Crippen MR) is 126 cm³/mol. The van der Waals surface area contributed by atoms with Crippen LogP contribution in [0.5, 0.6) is 0 Å². The normalized spacial score (nSPS) is 28.1. The second-order valence-electron chi connectivity index (χ2n) is 12.5. The monoisotopic (exact) mass is 411 g/mol. The van der Waals surface area contributed by atoms with Gasteiger partial charge in [0.1, 0.15) is 0 Å². The van der Waals surface area contributed by atoms with Gasteiger partial charge < -0.3 is 5.11 Å². The molecule has 0 radical (unpaired) electrons. The molecule has 166 valence electrons. The van der Waals surface area contributed by atoms with E-state index in [0.29, 0.717) is 5.41 Å². The molecule has 3 heteroatoms. The van der Waals surface area contributed by atoms with Crippen LogP contribution in [0.3, 0.4) is 0 Å². The maximum Gasteiger partial charge on any atom is 0.0596 e. The van der Waals surface area contributed by atoms with Gasteiger partial charge in [-0.15, -0.1) is 11.8 Å². The van der Waals surface area contributed by atoms with Crippen molar-refractivity contribution in [3.63, 3.8) is 0 Å². The van der Waals surface area contributed by atoms with Crippen molar-refractivity contribution in [2.24, 2.45) is 28.6 Å². The van der Waals surface area contributed by atoms with Crippen molar-refractivity contribution in [3.8, 4) is 0 Å². The molecule has 0 amide bonds. The average molecular weight is 412 g/mol. The van der Waals surface area contributed by atoms with E-state index in [1.807, 2.05) is 13.8 Å². The zero-order chi connectivity index (χ0) is 21.0. The SMILES string of the molecule is CC(C)(O)CC(C)(C)CC1CCN(CSCCC2CCC(C(C)(C)C)CC2)C1. The Labute approximate surface area is 180 Å². The van der Waals surface area contributed by atoms with Gasteiger partial charge >= 0.3 is 0 Å². The second-order valence-corrected chi connectivity index (χ2v) is 13.6. The lowest BCUT2D eigenvalue weighted by Gasteiger charge is -2.37. The summed E-state index contributed by atoms with van der Waals surface area (Å²) >= 11 is 2.17. The Morgan fingerprint density at radius 1 is 0.893 bits per heavy atom. The summed E-state index contributed by atoms with van der Waals surface area (Å²) in [6, 6.07) is 0. The van der Waals surface area contributed by atoms with Crippen LogP contribution in [0.1, 0.15) is 99.8 Å². The molecule has 0 aromatic carbocycles. The Bertz CT molecular complexity index is 454. The van der Waals surface area contributed by atoms with E-state index in [4.69, 9.17) is 0 Å². The van der Waals surface area contributed by atoms with Gasteiger partial charge in [0.15, 0.2) is 0 Å². The van der Waals surface area contributed by atoms with E-state index < -0.39 is 5.60 Å². The highest BCUT2D eigenvalue weighted by molar-refractivity contribution is 7.99. The minimum absolute atomic E-state index is 0.234. The first-order valence-corrected chi connectivity index (χ1v) is 13.0. The molecule has 2 fully saturated rings. The van der Waals surface area contributed by atoms with E-state index in [1.54, 1.807) is 0 Å². The fourth-order valence-corrected chi connectivity index (χ4v) is 7.10. The molecule has 2 rings (SSSR count). The third kappa shape index (κ3) is 8.96. The molecule has 1 aliphatic carbocycles. The highest BCUT2D eigenvalue weighted by atomic mass is 32.2.